The molecule has 9 heteroatoms. The van der Waals surface area contributed by atoms with Crippen LogP contribution in [-0.4, -0.2) is 28.2 Å². The van der Waals surface area contributed by atoms with Crippen molar-refractivity contribution >= 4 is 44.1 Å². The van der Waals surface area contributed by atoms with Crippen molar-refractivity contribution in [1.82, 2.24) is 15.2 Å². The number of nitrogens with one attached hydrogen (secondary N) is 2. The van der Waals surface area contributed by atoms with Gasteiger partial charge in [0, 0.05) is 22.8 Å². The normalized spacial score (nSPS) is 10.3. The molecule has 0 saturated heterocycles. The lowest BCUT2D eigenvalue weighted by atomic mass is 10.2. The lowest BCUT2D eigenvalue weighted by Gasteiger charge is -2.11. The second-order valence-electron chi connectivity index (χ2n) is 4.94. The number of hydrogen-bond donors (Lipinski definition) is 2. The Morgan fingerprint density at radius 3 is 2.88 bits per heavy atom. The Labute approximate surface area is 156 Å². The van der Waals surface area contributed by atoms with Crippen LogP contribution < -0.4 is 15.4 Å². The van der Waals surface area contributed by atoms with Crippen LogP contribution in [0.4, 0.5) is 10.9 Å². The lowest BCUT2D eigenvalue weighted by Crippen LogP contribution is -2.12. The van der Waals surface area contributed by atoms with Crippen LogP contribution in [0.2, 0.25) is 0 Å². The molecule has 2 N–H and O–H groups in total. The van der Waals surface area contributed by atoms with E-state index in [4.69, 9.17) is 4.74 Å². The fourth-order valence-corrected chi connectivity index (χ4v) is 2.95. The quantitative estimate of drug-likeness (QED) is 0.634. The van der Waals surface area contributed by atoms with Gasteiger partial charge in [0.2, 0.25) is 5.13 Å². The van der Waals surface area contributed by atoms with Gasteiger partial charge in [0.25, 0.3) is 5.91 Å². The van der Waals surface area contributed by atoms with Crippen LogP contribution in [0.5, 0.6) is 5.75 Å². The van der Waals surface area contributed by atoms with Gasteiger partial charge in [-0.15, -0.1) is 10.2 Å². The Morgan fingerprint density at radius 1 is 1.32 bits per heavy atom. The van der Waals surface area contributed by atoms with Gasteiger partial charge in [-0.2, -0.15) is 0 Å². The summed E-state index contributed by atoms with van der Waals surface area (Å²) in [7, 11) is 1.64. The SMILES string of the molecule is COc1ccc(Br)cc1CNc1ccc(C(=O)Nc2nncs2)cn1. The molecule has 3 rings (SSSR count). The Bertz CT molecular complexity index is 855. The van der Waals surface area contributed by atoms with Crippen LogP contribution >= 0.6 is 27.3 Å². The number of benzene rings is 1. The maximum Gasteiger partial charge on any atom is 0.259 e. The summed E-state index contributed by atoms with van der Waals surface area (Å²) in [5.41, 5.74) is 2.99. The second kappa shape index (κ2) is 8.04. The van der Waals surface area contributed by atoms with Gasteiger partial charge >= 0.3 is 0 Å². The molecule has 1 amide bonds. The fraction of sp³-hybridized carbons (Fsp3) is 0.125. The molecule has 0 bridgehead atoms. The van der Waals surface area contributed by atoms with Crippen molar-refractivity contribution in [1.29, 1.82) is 0 Å². The third-order valence-electron chi connectivity index (χ3n) is 3.31. The summed E-state index contributed by atoms with van der Waals surface area (Å²) in [5.74, 6) is 1.18. The molecule has 0 fully saturated rings. The number of halogens is 1. The Hall–Kier alpha value is -2.52. The molecule has 7 nitrogen and oxygen atoms in total. The zero-order valence-electron chi connectivity index (χ0n) is 13.2. The number of methoxy groups -OCH3 is 1. The Morgan fingerprint density at radius 2 is 2.20 bits per heavy atom. The minimum Gasteiger partial charge on any atom is -0.496 e. The maximum atomic E-state index is 12.1. The number of amides is 1. The van der Waals surface area contributed by atoms with Crippen molar-refractivity contribution in [3.05, 3.63) is 57.6 Å². The second-order valence-corrected chi connectivity index (χ2v) is 6.69. The number of nitrogens with zero attached hydrogens (tertiary/aromatic N) is 3. The van der Waals surface area contributed by atoms with Gasteiger partial charge in [-0.3, -0.25) is 10.1 Å². The number of ether oxygens (including phenoxy) is 1. The van der Waals surface area contributed by atoms with E-state index in [2.05, 4.69) is 41.7 Å². The predicted octanol–water partition coefficient (Wildman–Crippen LogP) is 3.57. The standard InChI is InChI=1S/C16H14BrN5O2S/c1-24-13-4-3-12(17)6-11(13)8-19-14-5-2-10(7-18-14)15(23)21-16-22-20-9-25-16/h2-7,9H,8H2,1H3,(H,18,19)(H,21,22,23). The van der Waals surface area contributed by atoms with Gasteiger partial charge < -0.3 is 10.1 Å². The van der Waals surface area contributed by atoms with Crippen molar-refractivity contribution in [2.75, 3.05) is 17.7 Å². The molecule has 0 aliphatic rings. The molecule has 2 heterocycles. The molecule has 1 aromatic carbocycles. The summed E-state index contributed by atoms with van der Waals surface area (Å²) in [4.78, 5) is 16.3. The highest BCUT2D eigenvalue weighted by molar-refractivity contribution is 9.10. The van der Waals surface area contributed by atoms with Crippen LogP contribution in [0.15, 0.2) is 46.5 Å². The molecule has 128 valence electrons. The van der Waals surface area contributed by atoms with E-state index in [-0.39, 0.29) is 5.91 Å². The van der Waals surface area contributed by atoms with Gasteiger partial charge in [-0.1, -0.05) is 27.3 Å². The molecule has 0 atom stereocenters. The highest BCUT2D eigenvalue weighted by Crippen LogP contribution is 2.23. The Kier molecular flexibility index (Phi) is 5.56. The molecule has 0 spiro atoms. The van der Waals surface area contributed by atoms with E-state index >= 15 is 0 Å². The number of anilines is 2. The van der Waals surface area contributed by atoms with E-state index in [1.54, 1.807) is 24.8 Å². The average molecular weight is 420 g/mol. The van der Waals surface area contributed by atoms with Crippen molar-refractivity contribution in [2.45, 2.75) is 6.54 Å². The third-order valence-corrected chi connectivity index (χ3v) is 4.41. The first-order valence-corrected chi connectivity index (χ1v) is 8.93. The van der Waals surface area contributed by atoms with Crippen LogP contribution in [0.3, 0.4) is 0 Å². The van der Waals surface area contributed by atoms with Gasteiger partial charge in [-0.25, -0.2) is 4.98 Å². The molecule has 0 aliphatic carbocycles. The molecule has 0 aliphatic heterocycles. The molecular weight excluding hydrogens is 406 g/mol. The average Bonchev–Trinajstić information content (AvgIpc) is 3.13. The highest BCUT2D eigenvalue weighted by Gasteiger charge is 2.09. The van der Waals surface area contributed by atoms with Crippen molar-refractivity contribution in [3.63, 3.8) is 0 Å². The summed E-state index contributed by atoms with van der Waals surface area (Å²) in [6.07, 6.45) is 1.51. The first-order chi connectivity index (χ1) is 12.2. The van der Waals surface area contributed by atoms with Crippen molar-refractivity contribution in [3.8, 4) is 5.75 Å². The number of hydrogen-bond acceptors (Lipinski definition) is 7. The number of rotatable bonds is 6. The van der Waals surface area contributed by atoms with Gasteiger partial charge in [0.05, 0.1) is 12.7 Å². The zero-order chi connectivity index (χ0) is 17.6. The minimum absolute atomic E-state index is 0.274. The fourth-order valence-electron chi connectivity index (χ4n) is 2.10. The molecule has 2 aromatic heterocycles. The number of carbonyl (C=O) groups is 1. The summed E-state index contributed by atoms with van der Waals surface area (Å²) in [6, 6.07) is 9.25. The topological polar surface area (TPSA) is 89.0 Å². The van der Waals surface area contributed by atoms with Crippen LogP contribution in [0, 0.1) is 0 Å². The summed E-state index contributed by atoms with van der Waals surface area (Å²) < 4.78 is 6.32. The third kappa shape index (κ3) is 4.52. The first kappa shape index (κ1) is 17.3. The summed E-state index contributed by atoms with van der Waals surface area (Å²) >= 11 is 4.71. The highest BCUT2D eigenvalue weighted by atomic mass is 79.9. The van der Waals surface area contributed by atoms with Crippen LogP contribution in [-0.2, 0) is 6.54 Å². The van der Waals surface area contributed by atoms with Gasteiger partial charge in [0.15, 0.2) is 0 Å². The molecule has 25 heavy (non-hydrogen) atoms. The largest absolute Gasteiger partial charge is 0.496 e. The van der Waals surface area contributed by atoms with Crippen LogP contribution in [0.25, 0.3) is 0 Å². The number of pyridine rings is 1. The summed E-state index contributed by atoms with van der Waals surface area (Å²) in [6.45, 7) is 0.548. The smallest absolute Gasteiger partial charge is 0.259 e. The minimum atomic E-state index is -0.274. The van der Waals surface area contributed by atoms with E-state index in [1.165, 1.54) is 17.5 Å². The van der Waals surface area contributed by atoms with E-state index < -0.39 is 0 Å². The van der Waals surface area contributed by atoms with Crippen molar-refractivity contribution in [2.24, 2.45) is 0 Å². The van der Waals surface area contributed by atoms with E-state index in [0.29, 0.717) is 23.1 Å². The molecular formula is C16H14BrN5O2S. The molecule has 0 saturated carbocycles. The first-order valence-electron chi connectivity index (χ1n) is 7.25. The predicted molar refractivity (Wildman–Crippen MR) is 100 cm³/mol. The van der Waals surface area contributed by atoms with E-state index in [0.717, 1.165) is 15.8 Å². The number of carbonyl (C=O) groups excluding carboxylic acids is 1. The molecule has 0 radical (unpaired) electrons. The molecule has 3 aromatic rings. The van der Waals surface area contributed by atoms with E-state index in [1.807, 2.05) is 18.2 Å². The zero-order valence-corrected chi connectivity index (χ0v) is 15.6. The number of aromatic nitrogens is 3. The summed E-state index contributed by atoms with van der Waals surface area (Å²) in [5, 5.41) is 13.8. The maximum absolute atomic E-state index is 12.1. The Balaban J connectivity index is 1.63. The monoisotopic (exact) mass is 419 g/mol. The van der Waals surface area contributed by atoms with Crippen molar-refractivity contribution < 1.29 is 9.53 Å². The van der Waals surface area contributed by atoms with Gasteiger partial charge in [0.1, 0.15) is 17.1 Å². The van der Waals surface area contributed by atoms with Gasteiger partial charge in [-0.05, 0) is 30.3 Å². The van der Waals surface area contributed by atoms with Crippen LogP contribution in [0.1, 0.15) is 15.9 Å². The lowest BCUT2D eigenvalue weighted by molar-refractivity contribution is 0.102. The van der Waals surface area contributed by atoms with E-state index in [9.17, 15) is 4.79 Å². The molecule has 0 unspecified atom stereocenters.